The molecule has 0 aromatic heterocycles. The zero-order chi connectivity index (χ0) is 25.0. The van der Waals surface area contributed by atoms with Gasteiger partial charge >= 0.3 is 12.2 Å². The lowest BCUT2D eigenvalue weighted by Crippen LogP contribution is -2.48. The van der Waals surface area contributed by atoms with Crippen LogP contribution >= 0.6 is 0 Å². The summed E-state index contributed by atoms with van der Waals surface area (Å²) < 4.78 is 37.9. The summed E-state index contributed by atoms with van der Waals surface area (Å²) in [4.78, 5) is 30.2. The van der Waals surface area contributed by atoms with Crippen LogP contribution in [-0.2, 0) is 15.4 Å². The fraction of sp³-hybridized carbons (Fsp3) is 0.542. The fourth-order valence-corrected chi connectivity index (χ4v) is 3.06. The highest BCUT2D eigenvalue weighted by atomic mass is 19.3. The van der Waals surface area contributed by atoms with E-state index in [4.69, 9.17) is 9.47 Å². The summed E-state index contributed by atoms with van der Waals surface area (Å²) in [6.45, 7) is 11.9. The van der Waals surface area contributed by atoms with E-state index in [0.717, 1.165) is 12.5 Å². The van der Waals surface area contributed by atoms with E-state index in [2.05, 4.69) is 10.3 Å². The molecule has 33 heavy (non-hydrogen) atoms. The molecule has 2 amide bonds. The van der Waals surface area contributed by atoms with Crippen LogP contribution in [0.4, 0.5) is 18.4 Å². The van der Waals surface area contributed by atoms with Crippen molar-refractivity contribution in [2.45, 2.75) is 72.0 Å². The average molecular weight is 466 g/mol. The molecule has 0 unspecified atom stereocenters. The van der Waals surface area contributed by atoms with Gasteiger partial charge in [0.2, 0.25) is 5.96 Å². The number of ether oxygens (including phenoxy) is 2. The van der Waals surface area contributed by atoms with Crippen LogP contribution in [0.3, 0.4) is 0 Å². The number of nitrogens with one attached hydrogen (secondary N) is 1. The molecule has 0 bridgehead atoms. The van der Waals surface area contributed by atoms with Gasteiger partial charge in [0, 0.05) is 25.6 Å². The summed E-state index contributed by atoms with van der Waals surface area (Å²) in [5, 5.41) is 2.53. The Bertz CT molecular complexity index is 938. The molecular formula is C24H33F2N3O4. The van der Waals surface area contributed by atoms with Crippen LogP contribution < -0.4 is 5.32 Å². The lowest BCUT2D eigenvalue weighted by atomic mass is 9.96. The molecule has 1 aliphatic rings. The molecule has 1 aliphatic heterocycles. The van der Waals surface area contributed by atoms with E-state index >= 15 is 0 Å². The smallest absolute Gasteiger partial charge is 0.437 e. The minimum Gasteiger partial charge on any atom is -0.444 e. The molecule has 0 saturated heterocycles. The summed E-state index contributed by atoms with van der Waals surface area (Å²) >= 11 is 0. The van der Waals surface area contributed by atoms with Gasteiger partial charge in [-0.3, -0.25) is 5.32 Å². The third-order valence-corrected chi connectivity index (χ3v) is 4.45. The van der Waals surface area contributed by atoms with E-state index in [1.165, 1.54) is 12.1 Å². The van der Waals surface area contributed by atoms with Crippen LogP contribution in [0.5, 0.6) is 0 Å². The SMILES string of the molecule is CC(C)(C)OC(=O)/N=C(/NC(=O)OC(C)(C)C)N1CC=C(c2cccc(C(C)(F)F)c2)CC1. The molecule has 0 atom stereocenters. The zero-order valence-electron chi connectivity index (χ0n) is 20.3. The fourth-order valence-electron chi connectivity index (χ4n) is 3.06. The highest BCUT2D eigenvalue weighted by Crippen LogP contribution is 2.30. The van der Waals surface area contributed by atoms with Gasteiger partial charge in [-0.1, -0.05) is 24.3 Å². The number of carbonyl (C=O) groups is 2. The maximum absolute atomic E-state index is 13.7. The third kappa shape index (κ3) is 8.82. The van der Waals surface area contributed by atoms with Crippen molar-refractivity contribution in [1.29, 1.82) is 0 Å². The van der Waals surface area contributed by atoms with Gasteiger partial charge in [-0.25, -0.2) is 18.4 Å². The Labute approximate surface area is 193 Å². The Morgan fingerprint density at radius 2 is 1.67 bits per heavy atom. The molecule has 0 radical (unpaired) electrons. The number of alkyl carbamates (subject to hydrolysis) is 1. The first-order valence-electron chi connectivity index (χ1n) is 10.8. The number of guanidine groups is 1. The molecule has 7 nitrogen and oxygen atoms in total. The van der Waals surface area contributed by atoms with Crippen LogP contribution in [-0.4, -0.2) is 47.3 Å². The van der Waals surface area contributed by atoms with Crippen LogP contribution in [0.15, 0.2) is 35.3 Å². The van der Waals surface area contributed by atoms with Gasteiger partial charge in [0.1, 0.15) is 11.2 Å². The van der Waals surface area contributed by atoms with Gasteiger partial charge in [0.05, 0.1) is 0 Å². The standard InChI is InChI=1S/C24H33F2N3O4/c1-22(2,3)32-20(30)27-19(28-21(31)33-23(4,5)6)29-13-11-16(12-14-29)17-9-8-10-18(15-17)24(7,25)26/h8-11,15H,12-14H2,1-7H3,(H,27,28,30,31). The van der Waals surface area contributed by atoms with Crippen molar-refractivity contribution >= 4 is 23.7 Å². The number of alkyl halides is 2. The van der Waals surface area contributed by atoms with Gasteiger partial charge in [-0.15, -0.1) is 4.99 Å². The van der Waals surface area contributed by atoms with Gasteiger partial charge in [0.15, 0.2) is 0 Å². The molecule has 0 spiro atoms. The number of rotatable bonds is 2. The van der Waals surface area contributed by atoms with Crippen molar-refractivity contribution in [2.75, 3.05) is 13.1 Å². The molecular weight excluding hydrogens is 432 g/mol. The van der Waals surface area contributed by atoms with E-state index < -0.39 is 29.3 Å². The molecule has 1 aromatic rings. The highest BCUT2D eigenvalue weighted by Gasteiger charge is 2.27. The number of amides is 2. The van der Waals surface area contributed by atoms with E-state index in [9.17, 15) is 18.4 Å². The molecule has 0 aliphatic carbocycles. The van der Waals surface area contributed by atoms with Crippen LogP contribution in [0.25, 0.3) is 5.57 Å². The predicted octanol–water partition coefficient (Wildman–Crippen LogP) is 5.70. The largest absolute Gasteiger partial charge is 0.444 e. The Morgan fingerprint density at radius 3 is 2.18 bits per heavy atom. The number of nitrogens with zero attached hydrogens (tertiary/aromatic N) is 2. The summed E-state index contributed by atoms with van der Waals surface area (Å²) in [5.41, 5.74) is 0.0641. The van der Waals surface area contributed by atoms with Crippen LogP contribution in [0, 0.1) is 0 Å². The topological polar surface area (TPSA) is 80.2 Å². The normalized spacial score (nSPS) is 15.6. The van der Waals surface area contributed by atoms with E-state index in [1.54, 1.807) is 58.6 Å². The first-order valence-corrected chi connectivity index (χ1v) is 10.8. The lowest BCUT2D eigenvalue weighted by molar-refractivity contribution is 0.0174. The Morgan fingerprint density at radius 1 is 1.03 bits per heavy atom. The number of hydrogen-bond donors (Lipinski definition) is 1. The number of carbonyl (C=O) groups excluding carboxylic acids is 2. The first kappa shape index (κ1) is 26.3. The summed E-state index contributed by atoms with van der Waals surface area (Å²) in [6, 6.07) is 6.27. The Kier molecular flexibility index (Phi) is 7.87. The molecule has 1 heterocycles. The maximum Gasteiger partial charge on any atom is 0.437 e. The van der Waals surface area contributed by atoms with Crippen molar-refractivity contribution in [1.82, 2.24) is 10.2 Å². The quantitative estimate of drug-likeness (QED) is 0.447. The van der Waals surface area contributed by atoms with Crippen molar-refractivity contribution in [3.05, 3.63) is 41.5 Å². The zero-order valence-corrected chi connectivity index (χ0v) is 20.3. The minimum atomic E-state index is -2.93. The molecule has 1 N–H and O–H groups in total. The summed E-state index contributed by atoms with van der Waals surface area (Å²) in [7, 11) is 0. The van der Waals surface area contributed by atoms with Gasteiger partial charge in [0.25, 0.3) is 5.92 Å². The van der Waals surface area contributed by atoms with Crippen molar-refractivity contribution in [3.63, 3.8) is 0 Å². The molecule has 0 fully saturated rings. The van der Waals surface area contributed by atoms with Crippen LogP contribution in [0.2, 0.25) is 0 Å². The lowest BCUT2D eigenvalue weighted by Gasteiger charge is -2.30. The minimum absolute atomic E-state index is 0.00245. The monoisotopic (exact) mass is 465 g/mol. The number of aliphatic imine (C=N–C) groups is 1. The molecule has 2 rings (SSSR count). The van der Waals surface area contributed by atoms with Gasteiger partial charge < -0.3 is 14.4 Å². The summed E-state index contributed by atoms with van der Waals surface area (Å²) in [5.74, 6) is -2.93. The predicted molar refractivity (Wildman–Crippen MR) is 123 cm³/mol. The molecule has 1 aromatic carbocycles. The van der Waals surface area contributed by atoms with Gasteiger partial charge in [-0.05, 0) is 65.2 Å². The number of halogens is 2. The maximum atomic E-state index is 13.7. The third-order valence-electron chi connectivity index (χ3n) is 4.45. The second-order valence-corrected chi connectivity index (χ2v) is 9.94. The van der Waals surface area contributed by atoms with Crippen molar-refractivity contribution < 1.29 is 27.8 Å². The van der Waals surface area contributed by atoms with Gasteiger partial charge in [-0.2, -0.15) is 0 Å². The van der Waals surface area contributed by atoms with E-state index in [1.807, 2.05) is 6.08 Å². The number of benzene rings is 1. The Balaban J connectivity index is 2.24. The molecule has 9 heteroatoms. The average Bonchev–Trinajstić information content (AvgIpc) is 2.64. The highest BCUT2D eigenvalue weighted by molar-refractivity contribution is 5.99. The molecule has 182 valence electrons. The van der Waals surface area contributed by atoms with Crippen molar-refractivity contribution in [3.8, 4) is 0 Å². The molecule has 0 saturated carbocycles. The Hall–Kier alpha value is -2.97. The number of hydrogen-bond acceptors (Lipinski definition) is 4. The first-order chi connectivity index (χ1) is 15.0. The van der Waals surface area contributed by atoms with E-state index in [-0.39, 0.29) is 11.5 Å². The second kappa shape index (κ2) is 9.89. The summed E-state index contributed by atoms with van der Waals surface area (Å²) in [6.07, 6.45) is 0.763. The van der Waals surface area contributed by atoms with Crippen LogP contribution in [0.1, 0.15) is 66.0 Å². The van der Waals surface area contributed by atoms with Crippen molar-refractivity contribution in [2.24, 2.45) is 4.99 Å². The second-order valence-electron chi connectivity index (χ2n) is 9.94. The van der Waals surface area contributed by atoms with E-state index in [0.29, 0.717) is 25.1 Å².